The van der Waals surface area contributed by atoms with Crippen molar-refractivity contribution in [2.75, 3.05) is 14.2 Å². The fourth-order valence-corrected chi connectivity index (χ4v) is 2.36. The molecule has 0 radical (unpaired) electrons. The number of nitrogens with two attached hydrogens (primary N) is 1. The van der Waals surface area contributed by atoms with Gasteiger partial charge in [-0.25, -0.2) is 0 Å². The molecule has 0 aliphatic heterocycles. The number of ether oxygens (including phenoxy) is 1. The number of rotatable bonds is 6. The Labute approximate surface area is 121 Å². The quantitative estimate of drug-likeness (QED) is 0.869. The highest BCUT2D eigenvalue weighted by atomic mass is 16.5. The van der Waals surface area contributed by atoms with E-state index in [2.05, 4.69) is 12.1 Å². The lowest BCUT2D eigenvalue weighted by molar-refractivity contribution is -0.130. The fourth-order valence-electron chi connectivity index (χ4n) is 2.36. The summed E-state index contributed by atoms with van der Waals surface area (Å²) in [6, 6.07) is 4.21. The second-order valence-electron chi connectivity index (χ2n) is 5.53. The van der Waals surface area contributed by atoms with Crippen molar-refractivity contribution in [1.29, 1.82) is 0 Å². The van der Waals surface area contributed by atoms with Gasteiger partial charge in [0.25, 0.3) is 0 Å². The first kappa shape index (κ1) is 16.5. The van der Waals surface area contributed by atoms with Crippen molar-refractivity contribution < 1.29 is 9.53 Å². The molecular weight excluding hydrogens is 252 g/mol. The third-order valence-corrected chi connectivity index (χ3v) is 3.38. The Kier molecular flexibility index (Phi) is 6.02. The van der Waals surface area contributed by atoms with Gasteiger partial charge >= 0.3 is 0 Å². The number of nitrogens with zero attached hydrogens (tertiary/aromatic N) is 1. The monoisotopic (exact) mass is 278 g/mol. The molecular formula is C16H26N2O2. The summed E-state index contributed by atoms with van der Waals surface area (Å²) < 4.78 is 5.35. The molecule has 1 rings (SSSR count). The topological polar surface area (TPSA) is 55.6 Å². The molecule has 0 aromatic heterocycles. The Bertz CT molecular complexity index is 447. The summed E-state index contributed by atoms with van der Waals surface area (Å²) in [4.78, 5) is 13.7. The summed E-state index contributed by atoms with van der Waals surface area (Å²) in [7, 11) is 3.51. The van der Waals surface area contributed by atoms with Gasteiger partial charge in [0.15, 0.2) is 0 Å². The first-order valence-corrected chi connectivity index (χ1v) is 6.98. The second-order valence-corrected chi connectivity index (χ2v) is 5.53. The van der Waals surface area contributed by atoms with Crippen LogP contribution in [0.2, 0.25) is 0 Å². The van der Waals surface area contributed by atoms with Gasteiger partial charge in [0.1, 0.15) is 5.75 Å². The number of hydrogen-bond acceptors (Lipinski definition) is 3. The van der Waals surface area contributed by atoms with Gasteiger partial charge in [0, 0.05) is 26.1 Å². The molecule has 4 nitrogen and oxygen atoms in total. The van der Waals surface area contributed by atoms with Crippen molar-refractivity contribution in [3.63, 3.8) is 0 Å². The normalized spacial score (nSPS) is 12.1. The highest BCUT2D eigenvalue weighted by Crippen LogP contribution is 2.24. The number of amides is 1. The van der Waals surface area contributed by atoms with Crippen LogP contribution < -0.4 is 10.5 Å². The van der Waals surface area contributed by atoms with Crippen molar-refractivity contribution in [3.05, 3.63) is 28.8 Å². The molecule has 0 aliphatic rings. The molecule has 0 fully saturated rings. The zero-order valence-electron chi connectivity index (χ0n) is 13.2. The van der Waals surface area contributed by atoms with Crippen LogP contribution in [-0.2, 0) is 11.3 Å². The minimum atomic E-state index is 0.0674. The third-order valence-electron chi connectivity index (χ3n) is 3.38. The molecule has 0 heterocycles. The van der Waals surface area contributed by atoms with Crippen LogP contribution in [0.5, 0.6) is 5.75 Å². The molecule has 0 saturated carbocycles. The number of hydrogen-bond donors (Lipinski definition) is 1. The summed E-state index contributed by atoms with van der Waals surface area (Å²) in [6.45, 7) is 6.58. The van der Waals surface area contributed by atoms with Gasteiger partial charge in [-0.05, 0) is 43.9 Å². The van der Waals surface area contributed by atoms with Gasteiger partial charge in [0.05, 0.1) is 7.11 Å². The number of carbonyl (C=O) groups excluding carboxylic acids is 1. The molecule has 2 N–H and O–H groups in total. The van der Waals surface area contributed by atoms with E-state index >= 15 is 0 Å². The van der Waals surface area contributed by atoms with Crippen LogP contribution in [-0.4, -0.2) is 31.0 Å². The van der Waals surface area contributed by atoms with Gasteiger partial charge in [-0.15, -0.1) is 0 Å². The van der Waals surface area contributed by atoms with E-state index in [0.29, 0.717) is 13.0 Å². The van der Waals surface area contributed by atoms with Crippen molar-refractivity contribution in [3.8, 4) is 5.75 Å². The number of methoxy groups -OCH3 is 1. The average molecular weight is 278 g/mol. The van der Waals surface area contributed by atoms with Crippen molar-refractivity contribution in [2.45, 2.75) is 46.2 Å². The summed E-state index contributed by atoms with van der Waals surface area (Å²) in [5, 5.41) is 0. The highest BCUT2D eigenvalue weighted by Gasteiger charge is 2.12. The molecule has 112 valence electrons. The summed E-state index contributed by atoms with van der Waals surface area (Å²) in [5.41, 5.74) is 9.00. The number of benzene rings is 1. The Morgan fingerprint density at radius 2 is 1.90 bits per heavy atom. The van der Waals surface area contributed by atoms with Crippen LogP contribution >= 0.6 is 0 Å². The standard InChI is InChI=1S/C16H26N2O2/c1-11-8-14(9-12(2)16(11)20-5)10-18(4)15(19)7-6-13(3)17/h8-9,13H,6-7,10,17H2,1-5H3. The predicted octanol–water partition coefficient (Wildman–Crippen LogP) is 2.40. The van der Waals surface area contributed by atoms with E-state index in [9.17, 15) is 4.79 Å². The Morgan fingerprint density at radius 1 is 1.35 bits per heavy atom. The minimum Gasteiger partial charge on any atom is -0.496 e. The maximum Gasteiger partial charge on any atom is 0.222 e. The van der Waals surface area contributed by atoms with E-state index in [1.807, 2.05) is 27.8 Å². The van der Waals surface area contributed by atoms with Crippen LogP contribution in [0.4, 0.5) is 0 Å². The molecule has 0 saturated heterocycles. The zero-order chi connectivity index (χ0) is 15.3. The molecule has 1 aromatic carbocycles. The Morgan fingerprint density at radius 3 is 2.35 bits per heavy atom. The van der Waals surface area contributed by atoms with Gasteiger partial charge in [-0.2, -0.15) is 0 Å². The summed E-state index contributed by atoms with van der Waals surface area (Å²) in [6.07, 6.45) is 1.23. The zero-order valence-corrected chi connectivity index (χ0v) is 13.2. The predicted molar refractivity (Wildman–Crippen MR) is 81.8 cm³/mol. The van der Waals surface area contributed by atoms with Crippen LogP contribution in [0, 0.1) is 13.8 Å². The second kappa shape index (κ2) is 7.29. The maximum absolute atomic E-state index is 12.0. The van der Waals surface area contributed by atoms with E-state index in [0.717, 1.165) is 28.9 Å². The Balaban J connectivity index is 2.71. The molecule has 1 amide bonds. The van der Waals surface area contributed by atoms with Crippen LogP contribution in [0.1, 0.15) is 36.5 Å². The lowest BCUT2D eigenvalue weighted by atomic mass is 10.1. The van der Waals surface area contributed by atoms with Crippen molar-refractivity contribution in [1.82, 2.24) is 4.90 Å². The molecule has 20 heavy (non-hydrogen) atoms. The first-order valence-electron chi connectivity index (χ1n) is 6.98. The van der Waals surface area contributed by atoms with E-state index in [-0.39, 0.29) is 11.9 Å². The third kappa shape index (κ3) is 4.53. The first-order chi connectivity index (χ1) is 9.35. The molecule has 0 bridgehead atoms. The van der Waals surface area contributed by atoms with E-state index in [1.165, 1.54) is 0 Å². The van der Waals surface area contributed by atoms with Crippen molar-refractivity contribution >= 4 is 5.91 Å². The lowest BCUT2D eigenvalue weighted by Crippen LogP contribution is -2.28. The molecule has 1 unspecified atom stereocenters. The van der Waals surface area contributed by atoms with E-state index < -0.39 is 0 Å². The van der Waals surface area contributed by atoms with Gasteiger partial charge in [-0.1, -0.05) is 12.1 Å². The largest absolute Gasteiger partial charge is 0.496 e. The maximum atomic E-state index is 12.0. The SMILES string of the molecule is COc1c(C)cc(CN(C)C(=O)CCC(C)N)cc1C. The minimum absolute atomic E-state index is 0.0674. The highest BCUT2D eigenvalue weighted by molar-refractivity contribution is 5.75. The van der Waals surface area contributed by atoms with E-state index in [4.69, 9.17) is 10.5 Å². The summed E-state index contributed by atoms with van der Waals surface area (Å²) in [5.74, 6) is 1.05. The number of aryl methyl sites for hydroxylation is 2. The molecule has 0 aliphatic carbocycles. The van der Waals surface area contributed by atoms with Crippen LogP contribution in [0.3, 0.4) is 0 Å². The average Bonchev–Trinajstić information content (AvgIpc) is 2.35. The lowest BCUT2D eigenvalue weighted by Gasteiger charge is -2.19. The number of carbonyl (C=O) groups is 1. The van der Waals surface area contributed by atoms with Gasteiger partial charge in [0.2, 0.25) is 5.91 Å². The molecule has 4 heteroatoms. The fraction of sp³-hybridized carbons (Fsp3) is 0.562. The molecule has 1 atom stereocenters. The van der Waals surface area contributed by atoms with Crippen molar-refractivity contribution in [2.24, 2.45) is 5.73 Å². The van der Waals surface area contributed by atoms with Crippen LogP contribution in [0.25, 0.3) is 0 Å². The smallest absolute Gasteiger partial charge is 0.222 e. The van der Waals surface area contributed by atoms with Crippen LogP contribution in [0.15, 0.2) is 12.1 Å². The van der Waals surface area contributed by atoms with Gasteiger partial charge in [-0.3, -0.25) is 4.79 Å². The molecule has 1 aromatic rings. The van der Waals surface area contributed by atoms with E-state index in [1.54, 1.807) is 12.0 Å². The summed E-state index contributed by atoms with van der Waals surface area (Å²) >= 11 is 0. The Hall–Kier alpha value is -1.55. The van der Waals surface area contributed by atoms with Gasteiger partial charge < -0.3 is 15.4 Å². The molecule has 0 spiro atoms.